The Morgan fingerprint density at radius 2 is 1.95 bits per heavy atom. The molecule has 0 amide bonds. The van der Waals surface area contributed by atoms with E-state index >= 15 is 0 Å². The van der Waals surface area contributed by atoms with E-state index in [-0.39, 0.29) is 18.5 Å². The number of fused-ring (bicyclic) bond motifs is 1. The molecule has 1 aliphatic rings. The molecule has 1 unspecified atom stereocenters. The third-order valence-electron chi connectivity index (χ3n) is 3.37. The predicted octanol–water partition coefficient (Wildman–Crippen LogP) is 2.93. The van der Waals surface area contributed by atoms with E-state index < -0.39 is 0 Å². The summed E-state index contributed by atoms with van der Waals surface area (Å²) in [4.78, 5) is 0. The summed E-state index contributed by atoms with van der Waals surface area (Å²) in [6.07, 6.45) is 0.172. The fraction of sp³-hybridized carbons (Fsp3) is 0.333. The number of hydrogen-bond donors (Lipinski definition) is 1. The topological polar surface area (TPSA) is 30.5 Å². The normalized spacial score (nSPS) is 18.9. The zero-order valence-electron chi connectivity index (χ0n) is 10.9. The Bertz CT molecular complexity index is 553. The van der Waals surface area contributed by atoms with Crippen LogP contribution in [0.3, 0.4) is 0 Å². The molecular weight excluding hydrogens is 262 g/mol. The molecule has 0 aromatic heterocycles. The summed E-state index contributed by atoms with van der Waals surface area (Å²) in [5.41, 5.74) is 1.24. The van der Waals surface area contributed by atoms with Crippen molar-refractivity contribution in [3.05, 3.63) is 42.0 Å². The van der Waals surface area contributed by atoms with Crippen LogP contribution in [0.25, 0.3) is 10.8 Å². The van der Waals surface area contributed by atoms with E-state index in [2.05, 4.69) is 35.6 Å². The minimum absolute atomic E-state index is 0. The molecular formula is C15H18ClNO2. The van der Waals surface area contributed by atoms with Crippen LogP contribution >= 0.6 is 12.4 Å². The van der Waals surface area contributed by atoms with Gasteiger partial charge in [-0.05, 0) is 34.5 Å². The van der Waals surface area contributed by atoms with E-state index in [0.717, 1.165) is 25.4 Å². The summed E-state index contributed by atoms with van der Waals surface area (Å²) >= 11 is 0. The Hall–Kier alpha value is -1.29. The van der Waals surface area contributed by atoms with Crippen LogP contribution in [0, 0.1) is 0 Å². The van der Waals surface area contributed by atoms with Crippen LogP contribution in [0.15, 0.2) is 36.4 Å². The SMILES string of the molecule is COc1ccc2cc(C3CNCCO3)ccc2c1.Cl. The maximum absolute atomic E-state index is 5.77. The lowest BCUT2D eigenvalue weighted by Crippen LogP contribution is -2.33. The molecule has 2 aromatic rings. The van der Waals surface area contributed by atoms with Gasteiger partial charge in [0.25, 0.3) is 0 Å². The second-order valence-electron chi connectivity index (χ2n) is 4.54. The fourth-order valence-electron chi connectivity index (χ4n) is 2.35. The van der Waals surface area contributed by atoms with Gasteiger partial charge >= 0.3 is 0 Å². The Morgan fingerprint density at radius 3 is 2.68 bits per heavy atom. The quantitative estimate of drug-likeness (QED) is 0.917. The summed E-state index contributed by atoms with van der Waals surface area (Å²) < 4.78 is 11.0. The maximum atomic E-state index is 5.77. The number of morpholine rings is 1. The summed E-state index contributed by atoms with van der Waals surface area (Å²) in [5, 5.41) is 5.78. The van der Waals surface area contributed by atoms with E-state index in [1.165, 1.54) is 16.3 Å². The number of rotatable bonds is 2. The highest BCUT2D eigenvalue weighted by atomic mass is 35.5. The second kappa shape index (κ2) is 6.24. The largest absolute Gasteiger partial charge is 0.497 e. The summed E-state index contributed by atoms with van der Waals surface area (Å²) in [5.74, 6) is 0.894. The van der Waals surface area contributed by atoms with Crippen molar-refractivity contribution in [2.45, 2.75) is 6.10 Å². The van der Waals surface area contributed by atoms with Crippen molar-refractivity contribution in [2.24, 2.45) is 0 Å². The van der Waals surface area contributed by atoms with Gasteiger partial charge in [0.15, 0.2) is 0 Å². The van der Waals surface area contributed by atoms with E-state index in [9.17, 15) is 0 Å². The molecule has 1 aliphatic heterocycles. The lowest BCUT2D eigenvalue weighted by molar-refractivity contribution is 0.0278. The van der Waals surface area contributed by atoms with Gasteiger partial charge in [-0.2, -0.15) is 0 Å². The molecule has 102 valence electrons. The predicted molar refractivity (Wildman–Crippen MR) is 79.3 cm³/mol. The molecule has 0 bridgehead atoms. The lowest BCUT2D eigenvalue weighted by Gasteiger charge is -2.24. The highest BCUT2D eigenvalue weighted by Gasteiger charge is 2.15. The Kier molecular flexibility index (Phi) is 4.64. The fourth-order valence-corrected chi connectivity index (χ4v) is 2.35. The van der Waals surface area contributed by atoms with Crippen molar-refractivity contribution in [1.29, 1.82) is 0 Å². The Labute approximate surface area is 119 Å². The van der Waals surface area contributed by atoms with Gasteiger partial charge in [0.05, 0.1) is 19.8 Å². The van der Waals surface area contributed by atoms with Crippen LogP contribution in [0.4, 0.5) is 0 Å². The first kappa shape index (κ1) is 14.1. The zero-order chi connectivity index (χ0) is 12.4. The molecule has 2 aromatic carbocycles. The molecule has 1 N–H and O–H groups in total. The third-order valence-corrected chi connectivity index (χ3v) is 3.37. The van der Waals surface area contributed by atoms with Gasteiger partial charge < -0.3 is 14.8 Å². The number of halogens is 1. The minimum atomic E-state index is 0. The van der Waals surface area contributed by atoms with E-state index in [4.69, 9.17) is 9.47 Å². The first-order chi connectivity index (χ1) is 8.86. The zero-order valence-corrected chi connectivity index (χ0v) is 11.7. The molecule has 0 spiro atoms. The summed E-state index contributed by atoms with van der Waals surface area (Å²) in [6, 6.07) is 12.6. The smallest absolute Gasteiger partial charge is 0.119 e. The number of ether oxygens (including phenoxy) is 2. The number of benzene rings is 2. The van der Waals surface area contributed by atoms with Crippen LogP contribution < -0.4 is 10.1 Å². The van der Waals surface area contributed by atoms with E-state index in [1.54, 1.807) is 7.11 Å². The van der Waals surface area contributed by atoms with Gasteiger partial charge in [-0.25, -0.2) is 0 Å². The molecule has 1 fully saturated rings. The van der Waals surface area contributed by atoms with Crippen molar-refractivity contribution in [2.75, 3.05) is 26.8 Å². The molecule has 0 radical (unpaired) electrons. The van der Waals surface area contributed by atoms with E-state index in [0.29, 0.717) is 0 Å². The molecule has 3 rings (SSSR count). The summed E-state index contributed by atoms with van der Waals surface area (Å²) in [7, 11) is 1.69. The number of nitrogens with one attached hydrogen (secondary N) is 1. The van der Waals surface area contributed by atoms with Gasteiger partial charge in [0.2, 0.25) is 0 Å². The van der Waals surface area contributed by atoms with Crippen LogP contribution in [0.2, 0.25) is 0 Å². The van der Waals surface area contributed by atoms with Gasteiger partial charge in [0.1, 0.15) is 5.75 Å². The summed E-state index contributed by atoms with van der Waals surface area (Å²) in [6.45, 7) is 2.62. The average Bonchev–Trinajstić information content (AvgIpc) is 2.47. The minimum Gasteiger partial charge on any atom is -0.497 e. The van der Waals surface area contributed by atoms with Crippen LogP contribution in [0.5, 0.6) is 5.75 Å². The highest BCUT2D eigenvalue weighted by Crippen LogP contribution is 2.26. The van der Waals surface area contributed by atoms with Crippen molar-refractivity contribution in [3.8, 4) is 5.75 Å². The van der Waals surface area contributed by atoms with Crippen LogP contribution in [-0.2, 0) is 4.74 Å². The third kappa shape index (κ3) is 3.00. The molecule has 19 heavy (non-hydrogen) atoms. The van der Waals surface area contributed by atoms with Crippen molar-refractivity contribution < 1.29 is 9.47 Å². The van der Waals surface area contributed by atoms with Crippen molar-refractivity contribution in [3.63, 3.8) is 0 Å². The first-order valence-corrected chi connectivity index (χ1v) is 6.27. The van der Waals surface area contributed by atoms with Crippen LogP contribution in [-0.4, -0.2) is 26.8 Å². The molecule has 1 heterocycles. The first-order valence-electron chi connectivity index (χ1n) is 6.27. The molecule has 1 atom stereocenters. The molecule has 0 saturated carbocycles. The standard InChI is InChI=1S/C15H17NO2.ClH/c1-17-14-5-4-11-8-13(3-2-12(11)9-14)15-10-16-6-7-18-15;/h2-5,8-9,15-16H,6-7,10H2,1H3;1H. The Morgan fingerprint density at radius 1 is 1.16 bits per heavy atom. The van der Waals surface area contributed by atoms with Gasteiger partial charge in [0, 0.05) is 13.1 Å². The number of hydrogen-bond acceptors (Lipinski definition) is 3. The van der Waals surface area contributed by atoms with Crippen molar-refractivity contribution in [1.82, 2.24) is 5.32 Å². The van der Waals surface area contributed by atoms with Crippen LogP contribution in [0.1, 0.15) is 11.7 Å². The highest BCUT2D eigenvalue weighted by molar-refractivity contribution is 5.85. The monoisotopic (exact) mass is 279 g/mol. The molecule has 4 heteroatoms. The van der Waals surface area contributed by atoms with E-state index in [1.807, 2.05) is 6.07 Å². The average molecular weight is 280 g/mol. The molecule has 3 nitrogen and oxygen atoms in total. The lowest BCUT2D eigenvalue weighted by atomic mass is 10.0. The second-order valence-corrected chi connectivity index (χ2v) is 4.54. The van der Waals surface area contributed by atoms with Gasteiger partial charge in [-0.1, -0.05) is 18.2 Å². The van der Waals surface area contributed by atoms with Crippen molar-refractivity contribution >= 4 is 23.2 Å². The maximum Gasteiger partial charge on any atom is 0.119 e. The van der Waals surface area contributed by atoms with Gasteiger partial charge in [-0.3, -0.25) is 0 Å². The van der Waals surface area contributed by atoms with Gasteiger partial charge in [-0.15, -0.1) is 12.4 Å². The Balaban J connectivity index is 0.00000133. The molecule has 0 aliphatic carbocycles. The molecule has 1 saturated heterocycles. The number of methoxy groups -OCH3 is 1.